The Bertz CT molecular complexity index is 1950. The maximum Gasteiger partial charge on any atom is 0.338 e. The summed E-state index contributed by atoms with van der Waals surface area (Å²) in [5, 5.41) is 9.27. The summed E-state index contributed by atoms with van der Waals surface area (Å²) >= 11 is 1.18. The molecule has 0 saturated carbocycles. The summed E-state index contributed by atoms with van der Waals surface area (Å²) in [6.45, 7) is 7.67. The van der Waals surface area contributed by atoms with Gasteiger partial charge in [-0.3, -0.25) is 9.36 Å². The fourth-order valence-electron chi connectivity index (χ4n) is 5.02. The monoisotopic (exact) mass is 602 g/mol. The zero-order valence-electron chi connectivity index (χ0n) is 24.3. The Morgan fingerprint density at radius 3 is 2.53 bits per heavy atom. The molecule has 0 bridgehead atoms. The molecule has 2 aromatic heterocycles. The number of fused-ring (bicyclic) bond motifs is 1. The second-order valence-corrected chi connectivity index (χ2v) is 10.7. The average Bonchev–Trinajstić information content (AvgIpc) is 3.56. The maximum atomic E-state index is 14.0. The number of furan rings is 1. The Kier molecular flexibility index (Phi) is 8.36. The molecule has 5 rings (SSSR count). The van der Waals surface area contributed by atoms with Crippen molar-refractivity contribution < 1.29 is 33.3 Å². The quantitative estimate of drug-likeness (QED) is 0.278. The summed E-state index contributed by atoms with van der Waals surface area (Å²) in [5.74, 6) is 0.414. The van der Waals surface area contributed by atoms with Crippen molar-refractivity contribution in [3.63, 3.8) is 0 Å². The predicted octanol–water partition coefficient (Wildman–Crippen LogP) is 4.47. The van der Waals surface area contributed by atoms with Gasteiger partial charge in [-0.25, -0.2) is 14.6 Å². The van der Waals surface area contributed by atoms with Crippen LogP contribution >= 0.6 is 11.3 Å². The van der Waals surface area contributed by atoms with Crippen molar-refractivity contribution in [2.75, 3.05) is 20.3 Å². The molecule has 0 radical (unpaired) electrons. The van der Waals surface area contributed by atoms with E-state index in [4.69, 9.17) is 18.6 Å². The Labute approximate surface area is 250 Å². The van der Waals surface area contributed by atoms with E-state index in [-0.39, 0.29) is 23.3 Å². The molecule has 2 aromatic carbocycles. The highest BCUT2D eigenvalue weighted by molar-refractivity contribution is 7.07. The van der Waals surface area contributed by atoms with Crippen molar-refractivity contribution in [2.45, 2.75) is 33.7 Å². The predicted molar refractivity (Wildman–Crippen MR) is 160 cm³/mol. The number of hydrogen-bond acceptors (Lipinski definition) is 9. The molecular weight excluding hydrogens is 572 g/mol. The van der Waals surface area contributed by atoms with Gasteiger partial charge in [0, 0.05) is 11.6 Å². The molecule has 3 heterocycles. The van der Waals surface area contributed by atoms with E-state index in [0.29, 0.717) is 50.2 Å². The summed E-state index contributed by atoms with van der Waals surface area (Å²) in [5.41, 5.74) is 2.66. The molecule has 0 amide bonds. The molecular formula is C32H30N2O8S. The van der Waals surface area contributed by atoms with E-state index in [1.54, 1.807) is 69.5 Å². The molecule has 1 atom stereocenters. The van der Waals surface area contributed by atoms with E-state index in [0.717, 1.165) is 11.1 Å². The van der Waals surface area contributed by atoms with Gasteiger partial charge in [0.05, 0.1) is 47.7 Å². The Balaban J connectivity index is 1.63. The summed E-state index contributed by atoms with van der Waals surface area (Å²) in [6.07, 6.45) is 1.63. The SMILES string of the molecule is CCOC(=O)C1=C(C)N=c2s/c(=C\c3ccc(-c4ccc(C(=O)O)cc4C)o3)c(=O)n2[C@@H]1c1ccc(OC)c(OCC)c1. The van der Waals surface area contributed by atoms with Crippen molar-refractivity contribution in [3.8, 4) is 22.8 Å². The van der Waals surface area contributed by atoms with E-state index >= 15 is 0 Å². The number of carboxylic acid groups (broad SMARTS) is 1. The maximum absolute atomic E-state index is 14.0. The van der Waals surface area contributed by atoms with Crippen LogP contribution in [0, 0.1) is 6.92 Å². The number of aryl methyl sites for hydroxylation is 1. The van der Waals surface area contributed by atoms with Gasteiger partial charge >= 0.3 is 11.9 Å². The van der Waals surface area contributed by atoms with Crippen molar-refractivity contribution >= 4 is 29.4 Å². The third-order valence-electron chi connectivity index (χ3n) is 6.96. The highest BCUT2D eigenvalue weighted by atomic mass is 32.1. The minimum atomic E-state index is -1.01. The number of aromatic nitrogens is 1. The zero-order chi connectivity index (χ0) is 30.8. The first-order valence-electron chi connectivity index (χ1n) is 13.6. The molecule has 4 aromatic rings. The fourth-order valence-corrected chi connectivity index (χ4v) is 6.04. The molecule has 0 aliphatic carbocycles. The number of rotatable bonds is 9. The Hall–Kier alpha value is -4.90. The van der Waals surface area contributed by atoms with Crippen molar-refractivity contribution in [2.24, 2.45) is 4.99 Å². The molecule has 10 nitrogen and oxygen atoms in total. The highest BCUT2D eigenvalue weighted by Gasteiger charge is 2.34. The number of nitrogens with zero attached hydrogens (tertiary/aromatic N) is 2. The van der Waals surface area contributed by atoms with E-state index in [2.05, 4.69) is 4.99 Å². The molecule has 1 N–H and O–H groups in total. The molecule has 43 heavy (non-hydrogen) atoms. The molecule has 0 unspecified atom stereocenters. The van der Waals surface area contributed by atoms with Crippen LogP contribution in [-0.4, -0.2) is 41.9 Å². The summed E-state index contributed by atoms with van der Waals surface area (Å²) in [6, 6.07) is 12.8. The number of hydrogen-bond donors (Lipinski definition) is 1. The van der Waals surface area contributed by atoms with Gasteiger partial charge in [0.1, 0.15) is 11.5 Å². The van der Waals surface area contributed by atoms with Gasteiger partial charge in [0.2, 0.25) is 0 Å². The van der Waals surface area contributed by atoms with Gasteiger partial charge in [0.25, 0.3) is 5.56 Å². The lowest BCUT2D eigenvalue weighted by Crippen LogP contribution is -2.39. The van der Waals surface area contributed by atoms with Gasteiger partial charge in [0.15, 0.2) is 16.3 Å². The first-order valence-corrected chi connectivity index (χ1v) is 14.4. The Morgan fingerprint density at radius 1 is 1.07 bits per heavy atom. The van der Waals surface area contributed by atoms with Gasteiger partial charge in [-0.15, -0.1) is 0 Å². The second-order valence-electron chi connectivity index (χ2n) is 9.68. The van der Waals surface area contributed by atoms with Crippen LogP contribution in [0.3, 0.4) is 0 Å². The largest absolute Gasteiger partial charge is 0.493 e. The minimum absolute atomic E-state index is 0.166. The molecule has 1 aliphatic heterocycles. The van der Waals surface area contributed by atoms with Crippen LogP contribution in [0.4, 0.5) is 0 Å². The third kappa shape index (κ3) is 5.63. The summed E-state index contributed by atoms with van der Waals surface area (Å²) < 4.78 is 24.5. The van der Waals surface area contributed by atoms with E-state index in [9.17, 15) is 19.5 Å². The van der Waals surface area contributed by atoms with Crippen LogP contribution in [0.1, 0.15) is 54.1 Å². The number of thiazole rings is 1. The van der Waals surface area contributed by atoms with Crippen molar-refractivity contribution in [1.82, 2.24) is 4.57 Å². The van der Waals surface area contributed by atoms with Gasteiger partial charge < -0.3 is 23.7 Å². The molecule has 222 valence electrons. The molecule has 1 aliphatic rings. The second kappa shape index (κ2) is 12.1. The van der Waals surface area contributed by atoms with Gasteiger partial charge in [-0.2, -0.15) is 0 Å². The molecule has 0 fully saturated rings. The van der Waals surface area contributed by atoms with Crippen LogP contribution in [0.15, 0.2) is 74.0 Å². The number of allylic oxidation sites excluding steroid dienone is 1. The van der Waals surface area contributed by atoms with Crippen LogP contribution in [-0.2, 0) is 9.53 Å². The number of carbonyl (C=O) groups excluding carboxylic acids is 1. The van der Waals surface area contributed by atoms with Crippen LogP contribution in [0.2, 0.25) is 0 Å². The number of methoxy groups -OCH3 is 1. The fraction of sp³-hybridized carbons (Fsp3) is 0.250. The first-order chi connectivity index (χ1) is 20.7. The van der Waals surface area contributed by atoms with Crippen molar-refractivity contribution in [1.29, 1.82) is 0 Å². The zero-order valence-corrected chi connectivity index (χ0v) is 25.1. The number of ether oxygens (including phenoxy) is 3. The number of esters is 1. The smallest absolute Gasteiger partial charge is 0.338 e. The standard InChI is InChI=1S/C32H30N2O8S/c1-6-40-25-15-19(9-12-24(25)39-5)28-27(31(38)41-7-2)18(4)33-32-34(28)29(35)26(43-32)16-21-10-13-23(42-21)22-11-8-20(30(36)37)14-17(22)3/h8-16,28H,6-7H2,1-5H3,(H,36,37)/b26-16-/t28-/m1/s1. The first kappa shape index (κ1) is 29.6. The molecule has 0 spiro atoms. The van der Waals surface area contributed by atoms with Crippen LogP contribution in [0.25, 0.3) is 17.4 Å². The third-order valence-corrected chi connectivity index (χ3v) is 7.94. The number of aromatic carboxylic acids is 1. The average molecular weight is 603 g/mol. The lowest BCUT2D eigenvalue weighted by atomic mass is 9.95. The topological polar surface area (TPSA) is 130 Å². The van der Waals surface area contributed by atoms with Gasteiger partial charge in [-0.1, -0.05) is 23.5 Å². The summed E-state index contributed by atoms with van der Waals surface area (Å²) in [7, 11) is 1.54. The van der Waals surface area contributed by atoms with E-state index < -0.39 is 18.0 Å². The lowest BCUT2D eigenvalue weighted by molar-refractivity contribution is -0.139. The van der Waals surface area contributed by atoms with Crippen LogP contribution in [0.5, 0.6) is 11.5 Å². The summed E-state index contributed by atoms with van der Waals surface area (Å²) in [4.78, 5) is 43.5. The number of benzene rings is 2. The lowest BCUT2D eigenvalue weighted by Gasteiger charge is -2.25. The normalized spacial score (nSPS) is 14.7. The molecule has 11 heteroatoms. The van der Waals surface area contributed by atoms with E-state index in [1.807, 2.05) is 13.8 Å². The highest BCUT2D eigenvalue weighted by Crippen LogP contribution is 2.36. The van der Waals surface area contributed by atoms with Gasteiger partial charge in [-0.05, 0) is 75.2 Å². The Morgan fingerprint density at radius 2 is 1.86 bits per heavy atom. The minimum Gasteiger partial charge on any atom is -0.493 e. The van der Waals surface area contributed by atoms with Crippen LogP contribution < -0.4 is 24.4 Å². The van der Waals surface area contributed by atoms with E-state index in [1.165, 1.54) is 22.0 Å². The molecule has 0 saturated heterocycles. The van der Waals surface area contributed by atoms with Crippen molar-refractivity contribution in [3.05, 3.63) is 102 Å². The number of carboxylic acids is 1. The number of carbonyl (C=O) groups is 2.